The van der Waals surface area contributed by atoms with Crippen LogP contribution >= 0.6 is 0 Å². The van der Waals surface area contributed by atoms with Crippen molar-refractivity contribution >= 4 is 11.9 Å². The Morgan fingerprint density at radius 1 is 1.15 bits per heavy atom. The van der Waals surface area contributed by atoms with Gasteiger partial charge in [0.25, 0.3) is 0 Å². The van der Waals surface area contributed by atoms with E-state index in [1.807, 2.05) is 6.92 Å². The van der Waals surface area contributed by atoms with Crippen LogP contribution in [0.2, 0.25) is 0 Å². The standard InChI is InChI=1S/C22H40O4/c1-7-8-14-26-20(24)22(6)13-10-9-11-18(22)19(23)25-15-12-17(2)16-21(3,4)5/h17-18H,7-16H2,1-6H3. The predicted octanol–water partition coefficient (Wildman–Crippen LogP) is 5.53. The first-order valence-corrected chi connectivity index (χ1v) is 10.4. The molecule has 152 valence electrons. The van der Waals surface area contributed by atoms with Crippen LogP contribution in [0.3, 0.4) is 0 Å². The second-order valence-electron chi connectivity index (χ2n) is 9.53. The normalized spacial score (nSPS) is 24.8. The zero-order chi connectivity index (χ0) is 19.8. The summed E-state index contributed by atoms with van der Waals surface area (Å²) in [6, 6.07) is 0. The highest BCUT2D eigenvalue weighted by Gasteiger charge is 2.48. The van der Waals surface area contributed by atoms with Gasteiger partial charge in [0, 0.05) is 0 Å². The zero-order valence-corrected chi connectivity index (χ0v) is 17.9. The van der Waals surface area contributed by atoms with E-state index in [4.69, 9.17) is 9.47 Å². The van der Waals surface area contributed by atoms with E-state index in [9.17, 15) is 9.59 Å². The number of rotatable bonds is 9. The van der Waals surface area contributed by atoms with Crippen molar-refractivity contribution in [1.82, 2.24) is 0 Å². The van der Waals surface area contributed by atoms with Gasteiger partial charge < -0.3 is 9.47 Å². The van der Waals surface area contributed by atoms with Gasteiger partial charge in [-0.3, -0.25) is 9.59 Å². The van der Waals surface area contributed by atoms with Gasteiger partial charge in [0.1, 0.15) is 0 Å². The van der Waals surface area contributed by atoms with E-state index in [0.717, 1.165) is 44.9 Å². The second-order valence-corrected chi connectivity index (χ2v) is 9.53. The highest BCUT2D eigenvalue weighted by atomic mass is 16.5. The molecule has 0 saturated heterocycles. The van der Waals surface area contributed by atoms with Gasteiger partial charge in [-0.05, 0) is 50.4 Å². The fourth-order valence-corrected chi connectivity index (χ4v) is 4.04. The number of unbranched alkanes of at least 4 members (excludes halogenated alkanes) is 1. The lowest BCUT2D eigenvalue weighted by molar-refractivity contribution is -0.172. The Kier molecular flexibility index (Phi) is 9.12. The molecule has 0 radical (unpaired) electrons. The maximum absolute atomic E-state index is 12.7. The summed E-state index contributed by atoms with van der Waals surface area (Å²) in [4.78, 5) is 25.3. The van der Waals surface area contributed by atoms with Crippen LogP contribution in [0.5, 0.6) is 0 Å². The summed E-state index contributed by atoms with van der Waals surface area (Å²) >= 11 is 0. The van der Waals surface area contributed by atoms with Crippen LogP contribution in [0.25, 0.3) is 0 Å². The third kappa shape index (κ3) is 7.28. The molecule has 0 amide bonds. The summed E-state index contributed by atoms with van der Waals surface area (Å²) < 4.78 is 11.0. The Morgan fingerprint density at radius 2 is 1.85 bits per heavy atom. The van der Waals surface area contributed by atoms with E-state index < -0.39 is 5.41 Å². The van der Waals surface area contributed by atoms with Gasteiger partial charge in [-0.25, -0.2) is 0 Å². The molecule has 4 heteroatoms. The minimum Gasteiger partial charge on any atom is -0.465 e. The van der Waals surface area contributed by atoms with Gasteiger partial charge in [0.05, 0.1) is 24.5 Å². The molecule has 0 bridgehead atoms. The summed E-state index contributed by atoms with van der Waals surface area (Å²) in [5.41, 5.74) is -0.451. The van der Waals surface area contributed by atoms with Crippen LogP contribution in [0, 0.1) is 22.7 Å². The molecular formula is C22H40O4. The lowest BCUT2D eigenvalue weighted by Crippen LogP contribution is -2.44. The van der Waals surface area contributed by atoms with E-state index in [2.05, 4.69) is 34.6 Å². The van der Waals surface area contributed by atoms with E-state index in [1.54, 1.807) is 0 Å². The summed E-state index contributed by atoms with van der Waals surface area (Å²) in [7, 11) is 0. The molecule has 26 heavy (non-hydrogen) atoms. The molecule has 3 atom stereocenters. The Hall–Kier alpha value is -1.06. The largest absolute Gasteiger partial charge is 0.465 e. The molecule has 1 aliphatic rings. The molecule has 1 rings (SSSR count). The molecule has 1 saturated carbocycles. The molecular weight excluding hydrogens is 328 g/mol. The first-order valence-electron chi connectivity index (χ1n) is 10.4. The summed E-state index contributed by atoms with van der Waals surface area (Å²) in [5.74, 6) is -0.306. The predicted molar refractivity (Wildman–Crippen MR) is 105 cm³/mol. The first-order chi connectivity index (χ1) is 12.1. The quantitative estimate of drug-likeness (QED) is 0.396. The minimum absolute atomic E-state index is 0.220. The monoisotopic (exact) mass is 368 g/mol. The molecule has 4 nitrogen and oxygen atoms in total. The van der Waals surface area contributed by atoms with E-state index in [-0.39, 0.29) is 23.3 Å². The fourth-order valence-electron chi connectivity index (χ4n) is 4.04. The molecule has 3 unspecified atom stereocenters. The van der Waals surface area contributed by atoms with E-state index in [0.29, 0.717) is 25.6 Å². The molecule has 0 N–H and O–H groups in total. The van der Waals surface area contributed by atoms with Crippen molar-refractivity contribution in [2.24, 2.45) is 22.7 Å². The lowest BCUT2D eigenvalue weighted by atomic mass is 9.67. The Morgan fingerprint density at radius 3 is 2.46 bits per heavy atom. The number of ether oxygens (including phenoxy) is 2. The summed E-state index contributed by atoms with van der Waals surface area (Å²) in [6.07, 6.45) is 7.19. The van der Waals surface area contributed by atoms with Crippen LogP contribution in [0.1, 0.15) is 92.9 Å². The Bertz CT molecular complexity index is 452. The van der Waals surface area contributed by atoms with Crippen molar-refractivity contribution < 1.29 is 19.1 Å². The zero-order valence-electron chi connectivity index (χ0n) is 17.9. The van der Waals surface area contributed by atoms with Crippen molar-refractivity contribution in [3.8, 4) is 0 Å². The van der Waals surface area contributed by atoms with Crippen LogP contribution in [-0.4, -0.2) is 25.2 Å². The number of hydrogen-bond acceptors (Lipinski definition) is 4. The van der Waals surface area contributed by atoms with Crippen LogP contribution in [0.4, 0.5) is 0 Å². The SMILES string of the molecule is CCCCOC(=O)C1(C)CCCCC1C(=O)OCCC(C)CC(C)(C)C. The molecule has 1 fully saturated rings. The van der Waals surface area contributed by atoms with Gasteiger partial charge in [-0.2, -0.15) is 0 Å². The average Bonchev–Trinajstić information content (AvgIpc) is 2.53. The molecule has 1 aliphatic carbocycles. The van der Waals surface area contributed by atoms with Gasteiger partial charge in [0.15, 0.2) is 0 Å². The molecule has 0 aromatic rings. The second kappa shape index (κ2) is 10.3. The highest BCUT2D eigenvalue weighted by molar-refractivity contribution is 5.85. The maximum Gasteiger partial charge on any atom is 0.312 e. The van der Waals surface area contributed by atoms with Gasteiger partial charge >= 0.3 is 11.9 Å². The smallest absolute Gasteiger partial charge is 0.312 e. The molecule has 0 heterocycles. The third-order valence-electron chi connectivity index (χ3n) is 5.51. The fraction of sp³-hybridized carbons (Fsp3) is 0.909. The molecule has 0 aromatic carbocycles. The molecule has 0 spiro atoms. The van der Waals surface area contributed by atoms with Crippen molar-refractivity contribution in [3.05, 3.63) is 0 Å². The maximum atomic E-state index is 12.7. The van der Waals surface area contributed by atoms with Crippen molar-refractivity contribution in [3.63, 3.8) is 0 Å². The van der Waals surface area contributed by atoms with Gasteiger partial charge in [0.2, 0.25) is 0 Å². The number of carbonyl (C=O) groups excluding carboxylic acids is 2. The van der Waals surface area contributed by atoms with Gasteiger partial charge in [-0.15, -0.1) is 0 Å². The number of carbonyl (C=O) groups is 2. The number of esters is 2. The number of hydrogen-bond donors (Lipinski definition) is 0. The van der Waals surface area contributed by atoms with Crippen molar-refractivity contribution in [1.29, 1.82) is 0 Å². The molecule has 0 aliphatic heterocycles. The van der Waals surface area contributed by atoms with E-state index in [1.165, 1.54) is 0 Å². The summed E-state index contributed by atoms with van der Waals surface area (Å²) in [6.45, 7) is 13.7. The average molecular weight is 369 g/mol. The van der Waals surface area contributed by atoms with Gasteiger partial charge in [-0.1, -0.05) is 53.9 Å². The topological polar surface area (TPSA) is 52.6 Å². The lowest BCUT2D eigenvalue weighted by Gasteiger charge is -2.37. The van der Waals surface area contributed by atoms with Crippen LogP contribution in [-0.2, 0) is 19.1 Å². The summed E-state index contributed by atoms with van der Waals surface area (Å²) in [5, 5.41) is 0. The van der Waals surface area contributed by atoms with Crippen molar-refractivity contribution in [2.45, 2.75) is 92.9 Å². The van der Waals surface area contributed by atoms with Crippen LogP contribution < -0.4 is 0 Å². The third-order valence-corrected chi connectivity index (χ3v) is 5.51. The van der Waals surface area contributed by atoms with Crippen LogP contribution in [0.15, 0.2) is 0 Å². The Balaban J connectivity index is 2.57. The Labute approximate surface area is 160 Å². The highest BCUT2D eigenvalue weighted by Crippen LogP contribution is 2.43. The first kappa shape index (κ1) is 23.0. The molecule has 0 aromatic heterocycles. The van der Waals surface area contributed by atoms with E-state index >= 15 is 0 Å². The van der Waals surface area contributed by atoms with Crippen molar-refractivity contribution in [2.75, 3.05) is 13.2 Å². The minimum atomic E-state index is -0.736.